The van der Waals surface area contributed by atoms with Crippen molar-refractivity contribution in [1.29, 1.82) is 0 Å². The number of halogens is 1. The molecule has 2 rings (SSSR count). The Morgan fingerprint density at radius 2 is 2.00 bits per heavy atom. The first-order valence-corrected chi connectivity index (χ1v) is 5.74. The smallest absolute Gasteiger partial charge is 0.227 e. The van der Waals surface area contributed by atoms with Crippen molar-refractivity contribution in [3.05, 3.63) is 16.9 Å². The molecule has 0 spiro atoms. The zero-order chi connectivity index (χ0) is 11.5. The van der Waals surface area contributed by atoms with Gasteiger partial charge >= 0.3 is 0 Å². The van der Waals surface area contributed by atoms with E-state index in [0.29, 0.717) is 17.6 Å². The van der Waals surface area contributed by atoms with E-state index in [0.717, 1.165) is 31.9 Å². The fraction of sp³-hybridized carbons (Fsp3) is 0.600. The summed E-state index contributed by atoms with van der Waals surface area (Å²) < 4.78 is 0. The molecule has 1 aliphatic rings. The van der Waals surface area contributed by atoms with Crippen molar-refractivity contribution in [2.45, 2.75) is 6.54 Å². The van der Waals surface area contributed by atoms with Crippen LogP contribution < -0.4 is 10.6 Å². The minimum Gasteiger partial charge on any atom is -0.338 e. The quantitative estimate of drug-likeness (QED) is 0.757. The number of rotatable bonds is 2. The molecule has 0 aliphatic carbocycles. The molecular formula is C10H16ClN5. The Bertz CT molecular complexity index is 362. The fourth-order valence-electron chi connectivity index (χ4n) is 1.70. The van der Waals surface area contributed by atoms with Crippen LogP contribution in [0, 0.1) is 0 Å². The van der Waals surface area contributed by atoms with E-state index < -0.39 is 0 Å². The van der Waals surface area contributed by atoms with Crippen LogP contribution >= 0.6 is 11.6 Å². The Labute approximate surface area is 100 Å². The Hall–Kier alpha value is -0.910. The summed E-state index contributed by atoms with van der Waals surface area (Å²) in [6.45, 7) is 4.30. The summed E-state index contributed by atoms with van der Waals surface area (Å²) in [5, 5.41) is 0.462. The van der Waals surface area contributed by atoms with Gasteiger partial charge in [0.1, 0.15) is 5.15 Å². The molecule has 0 bridgehead atoms. The monoisotopic (exact) mass is 241 g/mol. The Kier molecular flexibility index (Phi) is 3.58. The highest BCUT2D eigenvalue weighted by molar-refractivity contribution is 6.29. The molecule has 2 N–H and O–H groups in total. The van der Waals surface area contributed by atoms with Gasteiger partial charge in [-0.2, -0.15) is 0 Å². The van der Waals surface area contributed by atoms with Gasteiger partial charge in [-0.1, -0.05) is 11.6 Å². The third-order valence-electron chi connectivity index (χ3n) is 2.73. The number of nitrogens with zero attached hydrogens (tertiary/aromatic N) is 4. The molecule has 6 heteroatoms. The second-order valence-electron chi connectivity index (χ2n) is 3.98. The van der Waals surface area contributed by atoms with E-state index in [4.69, 9.17) is 17.3 Å². The second kappa shape index (κ2) is 4.95. The number of piperazine rings is 1. The number of hydrogen-bond donors (Lipinski definition) is 1. The van der Waals surface area contributed by atoms with Crippen LogP contribution in [-0.4, -0.2) is 48.1 Å². The maximum Gasteiger partial charge on any atom is 0.227 e. The summed E-state index contributed by atoms with van der Waals surface area (Å²) in [5.41, 5.74) is 6.35. The molecular weight excluding hydrogens is 226 g/mol. The molecule has 0 aromatic carbocycles. The largest absolute Gasteiger partial charge is 0.338 e. The molecule has 1 saturated heterocycles. The Balaban J connectivity index is 2.16. The van der Waals surface area contributed by atoms with E-state index in [-0.39, 0.29) is 0 Å². The molecule has 16 heavy (non-hydrogen) atoms. The van der Waals surface area contributed by atoms with Gasteiger partial charge in [0.15, 0.2) is 0 Å². The van der Waals surface area contributed by atoms with Gasteiger partial charge in [0, 0.05) is 32.7 Å². The van der Waals surface area contributed by atoms with E-state index in [1.54, 1.807) is 6.07 Å². The van der Waals surface area contributed by atoms with Crippen molar-refractivity contribution < 1.29 is 0 Å². The predicted octanol–water partition coefficient (Wildman–Crippen LogP) is 0.340. The van der Waals surface area contributed by atoms with Gasteiger partial charge in [-0.15, -0.1) is 0 Å². The summed E-state index contributed by atoms with van der Waals surface area (Å²) in [6.07, 6.45) is 0. The molecule has 1 aromatic rings. The van der Waals surface area contributed by atoms with Crippen molar-refractivity contribution in [3.8, 4) is 0 Å². The van der Waals surface area contributed by atoms with E-state index >= 15 is 0 Å². The molecule has 1 aliphatic heterocycles. The van der Waals surface area contributed by atoms with Crippen LogP contribution in [0.25, 0.3) is 0 Å². The van der Waals surface area contributed by atoms with Crippen LogP contribution in [0.5, 0.6) is 0 Å². The Morgan fingerprint density at radius 1 is 1.31 bits per heavy atom. The highest BCUT2D eigenvalue weighted by atomic mass is 35.5. The third kappa shape index (κ3) is 2.61. The lowest BCUT2D eigenvalue weighted by Crippen LogP contribution is -2.45. The van der Waals surface area contributed by atoms with Crippen molar-refractivity contribution in [2.75, 3.05) is 38.1 Å². The summed E-state index contributed by atoms with van der Waals surface area (Å²) in [5.74, 6) is 0.695. The number of aromatic nitrogens is 2. The maximum atomic E-state index is 5.93. The molecule has 5 nitrogen and oxygen atoms in total. The molecule has 0 radical (unpaired) electrons. The average Bonchev–Trinajstić information content (AvgIpc) is 2.29. The second-order valence-corrected chi connectivity index (χ2v) is 4.36. The zero-order valence-corrected chi connectivity index (χ0v) is 10.1. The first kappa shape index (κ1) is 11.6. The Morgan fingerprint density at radius 3 is 2.62 bits per heavy atom. The zero-order valence-electron chi connectivity index (χ0n) is 9.36. The topological polar surface area (TPSA) is 58.3 Å². The summed E-state index contributed by atoms with van der Waals surface area (Å²) in [4.78, 5) is 13.1. The van der Waals surface area contributed by atoms with Gasteiger partial charge in [-0.05, 0) is 13.1 Å². The first-order chi connectivity index (χ1) is 7.69. The molecule has 2 heterocycles. The molecule has 0 amide bonds. The van der Waals surface area contributed by atoms with Gasteiger partial charge in [-0.3, -0.25) is 0 Å². The standard InChI is InChI=1S/C10H16ClN5/c1-15-2-4-16(5-3-15)10-13-8(7-12)6-9(11)14-10/h6H,2-5,7,12H2,1H3. The summed E-state index contributed by atoms with van der Waals surface area (Å²) >= 11 is 5.93. The fourth-order valence-corrected chi connectivity index (χ4v) is 1.90. The van der Waals surface area contributed by atoms with E-state index in [2.05, 4.69) is 26.8 Å². The summed E-state index contributed by atoms with van der Waals surface area (Å²) in [6, 6.07) is 1.71. The van der Waals surface area contributed by atoms with Gasteiger partial charge < -0.3 is 15.5 Å². The average molecular weight is 242 g/mol. The molecule has 1 aromatic heterocycles. The van der Waals surface area contributed by atoms with Crippen LogP contribution in [0.15, 0.2) is 6.07 Å². The number of anilines is 1. The van der Waals surface area contributed by atoms with Crippen LogP contribution in [0.3, 0.4) is 0 Å². The van der Waals surface area contributed by atoms with Crippen molar-refractivity contribution in [2.24, 2.45) is 5.73 Å². The molecule has 0 saturated carbocycles. The highest BCUT2D eigenvalue weighted by Crippen LogP contribution is 2.15. The minimum absolute atomic E-state index is 0.392. The van der Waals surface area contributed by atoms with Crippen LogP contribution in [0.2, 0.25) is 5.15 Å². The lowest BCUT2D eigenvalue weighted by molar-refractivity contribution is 0.311. The molecule has 88 valence electrons. The highest BCUT2D eigenvalue weighted by Gasteiger charge is 2.17. The van der Waals surface area contributed by atoms with Gasteiger partial charge in [0.25, 0.3) is 0 Å². The predicted molar refractivity (Wildman–Crippen MR) is 64.6 cm³/mol. The third-order valence-corrected chi connectivity index (χ3v) is 2.93. The van der Waals surface area contributed by atoms with E-state index in [9.17, 15) is 0 Å². The SMILES string of the molecule is CN1CCN(c2nc(Cl)cc(CN)n2)CC1. The number of nitrogens with two attached hydrogens (primary N) is 1. The molecule has 0 unspecified atom stereocenters. The first-order valence-electron chi connectivity index (χ1n) is 5.36. The van der Waals surface area contributed by atoms with Crippen molar-refractivity contribution >= 4 is 17.5 Å². The van der Waals surface area contributed by atoms with Gasteiger partial charge in [0.05, 0.1) is 5.69 Å². The maximum absolute atomic E-state index is 5.93. The van der Waals surface area contributed by atoms with E-state index in [1.165, 1.54) is 0 Å². The molecule has 1 fully saturated rings. The molecule has 0 atom stereocenters. The normalized spacial score (nSPS) is 17.8. The van der Waals surface area contributed by atoms with Gasteiger partial charge in [-0.25, -0.2) is 9.97 Å². The van der Waals surface area contributed by atoms with Crippen LogP contribution in [0.1, 0.15) is 5.69 Å². The lowest BCUT2D eigenvalue weighted by atomic mass is 10.3. The number of hydrogen-bond acceptors (Lipinski definition) is 5. The van der Waals surface area contributed by atoms with E-state index in [1.807, 2.05) is 0 Å². The van der Waals surface area contributed by atoms with Crippen LogP contribution in [0.4, 0.5) is 5.95 Å². The minimum atomic E-state index is 0.392. The summed E-state index contributed by atoms with van der Waals surface area (Å²) in [7, 11) is 2.11. The number of likely N-dealkylation sites (N-methyl/N-ethyl adjacent to an activating group) is 1. The van der Waals surface area contributed by atoms with Crippen LogP contribution in [-0.2, 0) is 6.54 Å². The van der Waals surface area contributed by atoms with Crippen molar-refractivity contribution in [1.82, 2.24) is 14.9 Å². The lowest BCUT2D eigenvalue weighted by Gasteiger charge is -2.32. The van der Waals surface area contributed by atoms with Crippen molar-refractivity contribution in [3.63, 3.8) is 0 Å². The van der Waals surface area contributed by atoms with Gasteiger partial charge in [0.2, 0.25) is 5.95 Å².